The topological polar surface area (TPSA) is 78.5 Å². The molecule has 0 radical (unpaired) electrons. The molecule has 1 atom stereocenters. The van der Waals surface area contributed by atoms with E-state index in [1.165, 1.54) is 4.90 Å². The fourth-order valence-corrected chi connectivity index (χ4v) is 1.68. The molecule has 2 fully saturated rings. The van der Waals surface area contributed by atoms with Crippen LogP contribution in [-0.4, -0.2) is 48.3 Å². The van der Waals surface area contributed by atoms with Crippen LogP contribution in [0.4, 0.5) is 0 Å². The van der Waals surface area contributed by atoms with E-state index in [0.29, 0.717) is 13.1 Å². The first-order valence-corrected chi connectivity index (χ1v) is 4.94. The maximum Gasteiger partial charge on any atom is 0.249 e. The summed E-state index contributed by atoms with van der Waals surface area (Å²) in [6.07, 6.45) is 0. The summed E-state index contributed by atoms with van der Waals surface area (Å²) in [5.74, 6) is -0.985. The van der Waals surface area contributed by atoms with Gasteiger partial charge in [-0.05, 0) is 6.92 Å². The van der Waals surface area contributed by atoms with Crippen molar-refractivity contribution in [2.75, 3.05) is 19.6 Å². The molecular weight excluding hydrogens is 198 g/mol. The number of amides is 3. The molecule has 0 aromatic heterocycles. The average molecular weight is 211 g/mol. The van der Waals surface area contributed by atoms with Crippen molar-refractivity contribution in [2.45, 2.75) is 13.0 Å². The van der Waals surface area contributed by atoms with Gasteiger partial charge in [-0.2, -0.15) is 0 Å². The van der Waals surface area contributed by atoms with Gasteiger partial charge in [0.1, 0.15) is 12.6 Å². The number of nitrogens with one attached hydrogen (secondary N) is 2. The summed E-state index contributed by atoms with van der Waals surface area (Å²) >= 11 is 0. The van der Waals surface area contributed by atoms with Crippen LogP contribution in [0.15, 0.2) is 0 Å². The van der Waals surface area contributed by atoms with Crippen LogP contribution < -0.4 is 10.6 Å². The van der Waals surface area contributed by atoms with Gasteiger partial charge < -0.3 is 10.2 Å². The first-order chi connectivity index (χ1) is 7.09. The number of hydrogen-bond acceptors (Lipinski definition) is 4. The highest BCUT2D eigenvalue weighted by atomic mass is 16.2. The first-order valence-electron chi connectivity index (χ1n) is 4.94. The summed E-state index contributed by atoms with van der Waals surface area (Å²) in [5, 5.41) is 5.19. The molecule has 2 aliphatic heterocycles. The SMILES string of the molecule is CC1C(=O)NC(=O)CN1C(=O)C1CNC1. The molecule has 2 heterocycles. The molecule has 6 heteroatoms. The van der Waals surface area contributed by atoms with Gasteiger partial charge in [-0.1, -0.05) is 0 Å². The number of piperazine rings is 1. The molecule has 2 aliphatic rings. The molecule has 3 amide bonds. The third-order valence-electron chi connectivity index (χ3n) is 2.84. The van der Waals surface area contributed by atoms with Gasteiger partial charge in [0.15, 0.2) is 0 Å². The molecule has 1 unspecified atom stereocenters. The van der Waals surface area contributed by atoms with Crippen LogP contribution >= 0.6 is 0 Å². The monoisotopic (exact) mass is 211 g/mol. The largest absolute Gasteiger partial charge is 0.321 e. The lowest BCUT2D eigenvalue weighted by atomic mass is 10.00. The molecule has 0 aromatic carbocycles. The van der Waals surface area contributed by atoms with Crippen molar-refractivity contribution >= 4 is 17.7 Å². The van der Waals surface area contributed by atoms with E-state index in [9.17, 15) is 14.4 Å². The fraction of sp³-hybridized carbons (Fsp3) is 0.667. The second kappa shape index (κ2) is 3.62. The zero-order valence-corrected chi connectivity index (χ0v) is 8.45. The molecule has 2 saturated heterocycles. The minimum atomic E-state index is -0.546. The Kier molecular flexibility index (Phi) is 2.44. The normalized spacial score (nSPS) is 27.3. The Hall–Kier alpha value is -1.43. The highest BCUT2D eigenvalue weighted by Crippen LogP contribution is 2.13. The predicted molar refractivity (Wildman–Crippen MR) is 50.7 cm³/mol. The van der Waals surface area contributed by atoms with Crippen molar-refractivity contribution in [1.29, 1.82) is 0 Å². The van der Waals surface area contributed by atoms with Crippen molar-refractivity contribution in [3.05, 3.63) is 0 Å². The maximum atomic E-state index is 11.8. The fourth-order valence-electron chi connectivity index (χ4n) is 1.68. The summed E-state index contributed by atoms with van der Waals surface area (Å²) in [6, 6.07) is -0.546. The van der Waals surface area contributed by atoms with Crippen LogP contribution in [0.2, 0.25) is 0 Å². The van der Waals surface area contributed by atoms with E-state index in [0.717, 1.165) is 0 Å². The van der Waals surface area contributed by atoms with Gasteiger partial charge in [0.25, 0.3) is 0 Å². The molecule has 2 N–H and O–H groups in total. The number of hydrogen-bond donors (Lipinski definition) is 2. The standard InChI is InChI=1S/C9H13N3O3/c1-5-8(14)11-7(13)4-12(5)9(15)6-2-10-3-6/h5-6,10H,2-4H2,1H3,(H,11,13,14). The zero-order valence-electron chi connectivity index (χ0n) is 8.45. The third kappa shape index (κ3) is 1.72. The molecular formula is C9H13N3O3. The van der Waals surface area contributed by atoms with Crippen molar-refractivity contribution in [3.63, 3.8) is 0 Å². The van der Waals surface area contributed by atoms with Crippen molar-refractivity contribution < 1.29 is 14.4 Å². The molecule has 0 saturated carbocycles. The smallest absolute Gasteiger partial charge is 0.249 e. The van der Waals surface area contributed by atoms with E-state index in [1.807, 2.05) is 0 Å². The predicted octanol–water partition coefficient (Wildman–Crippen LogP) is -1.92. The van der Waals surface area contributed by atoms with Crippen molar-refractivity contribution in [1.82, 2.24) is 15.5 Å². The van der Waals surface area contributed by atoms with E-state index in [4.69, 9.17) is 0 Å². The Balaban J connectivity index is 2.08. The van der Waals surface area contributed by atoms with E-state index in [2.05, 4.69) is 10.6 Å². The molecule has 2 rings (SSSR count). The van der Waals surface area contributed by atoms with Crippen LogP contribution in [0.5, 0.6) is 0 Å². The molecule has 82 valence electrons. The van der Waals surface area contributed by atoms with Gasteiger partial charge in [0, 0.05) is 13.1 Å². The summed E-state index contributed by atoms with van der Waals surface area (Å²) in [6.45, 7) is 2.89. The second-order valence-electron chi connectivity index (χ2n) is 3.91. The molecule has 0 aliphatic carbocycles. The average Bonchev–Trinajstić information content (AvgIpc) is 2.08. The van der Waals surface area contributed by atoms with E-state index < -0.39 is 17.9 Å². The zero-order chi connectivity index (χ0) is 11.0. The highest BCUT2D eigenvalue weighted by molar-refractivity contribution is 6.04. The van der Waals surface area contributed by atoms with Crippen molar-refractivity contribution in [2.24, 2.45) is 5.92 Å². The van der Waals surface area contributed by atoms with Gasteiger partial charge in [0.05, 0.1) is 5.92 Å². The molecule has 0 bridgehead atoms. The lowest BCUT2D eigenvalue weighted by molar-refractivity contribution is -0.152. The lowest BCUT2D eigenvalue weighted by Gasteiger charge is -2.37. The summed E-state index contributed by atoms with van der Waals surface area (Å²) < 4.78 is 0. The Bertz CT molecular complexity index is 325. The number of carbonyl (C=O) groups excluding carboxylic acids is 3. The van der Waals surface area contributed by atoms with E-state index >= 15 is 0 Å². The Morgan fingerprint density at radius 2 is 2.07 bits per heavy atom. The van der Waals surface area contributed by atoms with Gasteiger partial charge in [0.2, 0.25) is 17.7 Å². The number of nitrogens with zero attached hydrogens (tertiary/aromatic N) is 1. The van der Waals surface area contributed by atoms with Crippen LogP contribution in [0, 0.1) is 5.92 Å². The maximum absolute atomic E-state index is 11.8. The van der Waals surface area contributed by atoms with Crippen LogP contribution in [0.25, 0.3) is 0 Å². The highest BCUT2D eigenvalue weighted by Gasteiger charge is 2.38. The summed E-state index contributed by atoms with van der Waals surface area (Å²) in [7, 11) is 0. The number of carbonyl (C=O) groups is 3. The van der Waals surface area contributed by atoms with Gasteiger partial charge >= 0.3 is 0 Å². The molecule has 0 spiro atoms. The van der Waals surface area contributed by atoms with E-state index in [-0.39, 0.29) is 18.4 Å². The lowest BCUT2D eigenvalue weighted by Crippen LogP contribution is -2.62. The third-order valence-corrected chi connectivity index (χ3v) is 2.84. The quantitative estimate of drug-likeness (QED) is 0.496. The first kappa shape index (κ1) is 10.1. The molecule has 6 nitrogen and oxygen atoms in total. The van der Waals surface area contributed by atoms with E-state index in [1.54, 1.807) is 6.92 Å². The van der Waals surface area contributed by atoms with Gasteiger partial charge in [-0.15, -0.1) is 0 Å². The van der Waals surface area contributed by atoms with Crippen LogP contribution in [0.3, 0.4) is 0 Å². The minimum absolute atomic E-state index is 0.0117. The summed E-state index contributed by atoms with van der Waals surface area (Å²) in [5.41, 5.74) is 0. The summed E-state index contributed by atoms with van der Waals surface area (Å²) in [4.78, 5) is 35.6. The second-order valence-corrected chi connectivity index (χ2v) is 3.91. The van der Waals surface area contributed by atoms with Gasteiger partial charge in [-0.25, -0.2) is 0 Å². The number of rotatable bonds is 1. The molecule has 0 aromatic rings. The van der Waals surface area contributed by atoms with Crippen molar-refractivity contribution in [3.8, 4) is 0 Å². The Morgan fingerprint density at radius 1 is 1.40 bits per heavy atom. The van der Waals surface area contributed by atoms with Crippen LogP contribution in [-0.2, 0) is 14.4 Å². The number of imide groups is 1. The minimum Gasteiger partial charge on any atom is -0.321 e. The molecule has 15 heavy (non-hydrogen) atoms. The van der Waals surface area contributed by atoms with Gasteiger partial charge in [-0.3, -0.25) is 19.7 Å². The Morgan fingerprint density at radius 3 is 2.60 bits per heavy atom. The van der Waals surface area contributed by atoms with Crippen LogP contribution in [0.1, 0.15) is 6.92 Å². The Labute approximate surface area is 87.0 Å².